The molecule has 0 heterocycles. The average molecular weight is 218 g/mol. The van der Waals surface area contributed by atoms with Gasteiger partial charge in [0.25, 0.3) is 0 Å². The number of unbranched alkanes of at least 4 members (excludes halogenated alkanes) is 4. The number of hydrogen-bond donors (Lipinski definition) is 3. The SMILES string of the molecule is CC(O)C(O)CCCCCCCC(=O)O. The molecule has 0 aromatic rings. The monoisotopic (exact) mass is 218 g/mol. The van der Waals surface area contributed by atoms with Crippen molar-refractivity contribution in [3.63, 3.8) is 0 Å². The van der Waals surface area contributed by atoms with E-state index in [2.05, 4.69) is 0 Å². The summed E-state index contributed by atoms with van der Waals surface area (Å²) in [5.74, 6) is -0.737. The van der Waals surface area contributed by atoms with E-state index in [0.717, 1.165) is 32.1 Å². The molecule has 0 spiro atoms. The van der Waals surface area contributed by atoms with Crippen molar-refractivity contribution in [2.45, 2.75) is 64.1 Å². The molecule has 2 unspecified atom stereocenters. The van der Waals surface area contributed by atoms with Crippen LogP contribution in [0.2, 0.25) is 0 Å². The van der Waals surface area contributed by atoms with E-state index in [4.69, 9.17) is 10.2 Å². The van der Waals surface area contributed by atoms with Gasteiger partial charge in [-0.3, -0.25) is 4.79 Å². The lowest BCUT2D eigenvalue weighted by atomic mass is 10.0. The van der Waals surface area contributed by atoms with Crippen molar-refractivity contribution in [1.29, 1.82) is 0 Å². The molecular formula is C11H22O4. The average Bonchev–Trinajstić information content (AvgIpc) is 2.15. The van der Waals surface area contributed by atoms with Crippen LogP contribution in [0.15, 0.2) is 0 Å². The van der Waals surface area contributed by atoms with Gasteiger partial charge in [0, 0.05) is 6.42 Å². The fourth-order valence-corrected chi connectivity index (χ4v) is 1.40. The van der Waals surface area contributed by atoms with E-state index in [1.54, 1.807) is 6.92 Å². The molecule has 0 rings (SSSR count). The molecule has 3 N–H and O–H groups in total. The smallest absolute Gasteiger partial charge is 0.303 e. The van der Waals surface area contributed by atoms with Crippen LogP contribution in [0.3, 0.4) is 0 Å². The summed E-state index contributed by atoms with van der Waals surface area (Å²) in [5.41, 5.74) is 0. The molecule has 2 atom stereocenters. The van der Waals surface area contributed by atoms with Gasteiger partial charge in [-0.05, 0) is 19.8 Å². The molecule has 15 heavy (non-hydrogen) atoms. The highest BCUT2D eigenvalue weighted by atomic mass is 16.4. The zero-order valence-corrected chi connectivity index (χ0v) is 9.35. The van der Waals surface area contributed by atoms with Gasteiger partial charge in [-0.15, -0.1) is 0 Å². The summed E-state index contributed by atoms with van der Waals surface area (Å²) in [6.45, 7) is 1.58. The van der Waals surface area contributed by atoms with E-state index in [0.29, 0.717) is 6.42 Å². The number of hydrogen-bond acceptors (Lipinski definition) is 3. The van der Waals surface area contributed by atoms with Crippen molar-refractivity contribution in [2.75, 3.05) is 0 Å². The van der Waals surface area contributed by atoms with Crippen LogP contribution in [0.5, 0.6) is 0 Å². The molecule has 0 fully saturated rings. The van der Waals surface area contributed by atoms with Gasteiger partial charge in [0.2, 0.25) is 0 Å². The fourth-order valence-electron chi connectivity index (χ4n) is 1.40. The van der Waals surface area contributed by atoms with Crippen LogP contribution in [-0.2, 0) is 4.79 Å². The van der Waals surface area contributed by atoms with E-state index in [1.165, 1.54) is 0 Å². The highest BCUT2D eigenvalue weighted by Gasteiger charge is 2.09. The Hall–Kier alpha value is -0.610. The summed E-state index contributed by atoms with van der Waals surface area (Å²) in [4.78, 5) is 10.2. The summed E-state index contributed by atoms with van der Waals surface area (Å²) >= 11 is 0. The predicted octanol–water partition coefficient (Wildman–Crippen LogP) is 1.54. The molecule has 0 bridgehead atoms. The molecule has 0 aromatic heterocycles. The van der Waals surface area contributed by atoms with Crippen molar-refractivity contribution in [2.24, 2.45) is 0 Å². The van der Waals surface area contributed by atoms with Crippen molar-refractivity contribution < 1.29 is 20.1 Å². The highest BCUT2D eigenvalue weighted by molar-refractivity contribution is 5.66. The van der Waals surface area contributed by atoms with E-state index in [9.17, 15) is 9.90 Å². The Labute approximate surface area is 90.9 Å². The largest absolute Gasteiger partial charge is 0.481 e. The number of aliphatic carboxylic acids is 1. The Kier molecular flexibility index (Phi) is 8.33. The molecule has 0 aliphatic carbocycles. The molecule has 0 radical (unpaired) electrons. The van der Waals surface area contributed by atoms with Crippen LogP contribution in [0.25, 0.3) is 0 Å². The fraction of sp³-hybridized carbons (Fsp3) is 0.909. The zero-order chi connectivity index (χ0) is 11.7. The van der Waals surface area contributed by atoms with Gasteiger partial charge in [0.05, 0.1) is 12.2 Å². The molecular weight excluding hydrogens is 196 g/mol. The van der Waals surface area contributed by atoms with Crippen LogP contribution in [0.1, 0.15) is 51.9 Å². The molecule has 0 saturated heterocycles. The maximum absolute atomic E-state index is 10.2. The highest BCUT2D eigenvalue weighted by Crippen LogP contribution is 2.10. The lowest BCUT2D eigenvalue weighted by molar-refractivity contribution is -0.137. The van der Waals surface area contributed by atoms with Gasteiger partial charge in [-0.2, -0.15) is 0 Å². The topological polar surface area (TPSA) is 77.8 Å². The van der Waals surface area contributed by atoms with Gasteiger partial charge in [-0.1, -0.05) is 25.7 Å². The van der Waals surface area contributed by atoms with E-state index >= 15 is 0 Å². The van der Waals surface area contributed by atoms with Gasteiger partial charge in [-0.25, -0.2) is 0 Å². The van der Waals surface area contributed by atoms with E-state index in [-0.39, 0.29) is 6.42 Å². The van der Waals surface area contributed by atoms with Gasteiger partial charge >= 0.3 is 5.97 Å². The lowest BCUT2D eigenvalue weighted by Crippen LogP contribution is -2.21. The maximum atomic E-state index is 10.2. The molecule has 0 aliphatic heterocycles. The maximum Gasteiger partial charge on any atom is 0.303 e. The van der Waals surface area contributed by atoms with Gasteiger partial charge in [0.15, 0.2) is 0 Å². The zero-order valence-electron chi connectivity index (χ0n) is 9.35. The third-order valence-electron chi connectivity index (χ3n) is 2.45. The second kappa shape index (κ2) is 8.68. The number of carboxylic acid groups (broad SMARTS) is 1. The van der Waals surface area contributed by atoms with Crippen LogP contribution in [-0.4, -0.2) is 33.5 Å². The van der Waals surface area contributed by atoms with Crippen LogP contribution in [0, 0.1) is 0 Å². The number of aliphatic hydroxyl groups excluding tert-OH is 2. The number of carbonyl (C=O) groups is 1. The first-order valence-electron chi connectivity index (χ1n) is 5.62. The Bertz CT molecular complexity index is 168. The molecule has 0 aromatic carbocycles. The van der Waals surface area contributed by atoms with E-state index < -0.39 is 18.2 Å². The molecule has 0 aliphatic rings. The minimum absolute atomic E-state index is 0.246. The Balaban J connectivity index is 3.15. The van der Waals surface area contributed by atoms with Crippen molar-refractivity contribution in [1.82, 2.24) is 0 Å². The molecule has 0 saturated carbocycles. The van der Waals surface area contributed by atoms with Crippen molar-refractivity contribution in [3.05, 3.63) is 0 Å². The quantitative estimate of drug-likeness (QED) is 0.513. The standard InChI is InChI=1S/C11H22O4/c1-9(12)10(13)7-5-3-2-4-6-8-11(14)15/h9-10,12-13H,2-8H2,1H3,(H,14,15). The van der Waals surface area contributed by atoms with E-state index in [1.807, 2.05) is 0 Å². The second-order valence-electron chi connectivity index (χ2n) is 4.01. The van der Waals surface area contributed by atoms with Crippen molar-refractivity contribution in [3.8, 4) is 0 Å². The first-order chi connectivity index (χ1) is 7.04. The van der Waals surface area contributed by atoms with Crippen LogP contribution >= 0.6 is 0 Å². The Morgan fingerprint density at radius 1 is 1.07 bits per heavy atom. The normalized spacial score (nSPS) is 14.9. The number of carboxylic acids is 1. The minimum Gasteiger partial charge on any atom is -0.481 e. The number of aliphatic hydroxyl groups is 2. The predicted molar refractivity (Wildman–Crippen MR) is 57.6 cm³/mol. The second-order valence-corrected chi connectivity index (χ2v) is 4.01. The Morgan fingerprint density at radius 2 is 1.60 bits per heavy atom. The minimum atomic E-state index is -0.737. The lowest BCUT2D eigenvalue weighted by Gasteiger charge is -2.12. The summed E-state index contributed by atoms with van der Waals surface area (Å²) in [6.07, 6.45) is 4.13. The van der Waals surface area contributed by atoms with Gasteiger partial charge in [0.1, 0.15) is 0 Å². The van der Waals surface area contributed by atoms with Crippen LogP contribution < -0.4 is 0 Å². The van der Waals surface area contributed by atoms with Gasteiger partial charge < -0.3 is 15.3 Å². The molecule has 0 amide bonds. The molecule has 90 valence electrons. The third kappa shape index (κ3) is 9.69. The van der Waals surface area contributed by atoms with Crippen molar-refractivity contribution >= 4 is 5.97 Å². The summed E-state index contributed by atoms with van der Waals surface area (Å²) in [6, 6.07) is 0. The third-order valence-corrected chi connectivity index (χ3v) is 2.45. The molecule has 4 nitrogen and oxygen atoms in total. The number of rotatable bonds is 9. The summed E-state index contributed by atoms with van der Waals surface area (Å²) in [5, 5.41) is 26.7. The molecule has 4 heteroatoms. The summed E-state index contributed by atoms with van der Waals surface area (Å²) < 4.78 is 0. The first kappa shape index (κ1) is 14.4. The van der Waals surface area contributed by atoms with Crippen LogP contribution in [0.4, 0.5) is 0 Å². The first-order valence-corrected chi connectivity index (χ1v) is 5.62. The summed E-state index contributed by atoms with van der Waals surface area (Å²) in [7, 11) is 0. The Morgan fingerprint density at radius 3 is 2.13 bits per heavy atom.